The van der Waals surface area contributed by atoms with Gasteiger partial charge in [0.2, 0.25) is 0 Å². The molecular formula is C20H29N5O2. The van der Waals surface area contributed by atoms with E-state index in [1.54, 1.807) is 14.2 Å². The summed E-state index contributed by atoms with van der Waals surface area (Å²) in [5.41, 5.74) is 3.84. The van der Waals surface area contributed by atoms with Gasteiger partial charge in [0, 0.05) is 39.9 Å². The predicted molar refractivity (Wildman–Crippen MR) is 107 cm³/mol. The molecule has 2 heterocycles. The van der Waals surface area contributed by atoms with Gasteiger partial charge in [-0.3, -0.25) is 9.67 Å². The first kappa shape index (κ1) is 19.1. The molecule has 27 heavy (non-hydrogen) atoms. The zero-order valence-electron chi connectivity index (χ0n) is 16.7. The fraction of sp³-hybridized carbons (Fsp3) is 0.500. The van der Waals surface area contributed by atoms with Crippen molar-refractivity contribution in [2.45, 2.75) is 25.8 Å². The summed E-state index contributed by atoms with van der Waals surface area (Å²) < 4.78 is 12.7. The summed E-state index contributed by atoms with van der Waals surface area (Å²) in [4.78, 5) is 6.76. The lowest BCUT2D eigenvalue weighted by Crippen LogP contribution is -2.44. The lowest BCUT2D eigenvalue weighted by Gasteiger charge is -2.32. The van der Waals surface area contributed by atoms with Gasteiger partial charge in [0.25, 0.3) is 0 Å². The molecular weight excluding hydrogens is 342 g/mol. The van der Waals surface area contributed by atoms with Crippen LogP contribution in [0.25, 0.3) is 0 Å². The lowest BCUT2D eigenvalue weighted by atomic mass is 9.99. The van der Waals surface area contributed by atoms with E-state index >= 15 is 0 Å². The highest BCUT2D eigenvalue weighted by atomic mass is 16.5. The van der Waals surface area contributed by atoms with Crippen molar-refractivity contribution in [2.24, 2.45) is 12.0 Å². The SMILES string of the molecule is CN=C(NCCCc1cnn(C)c1)N1CCc2cc(OC)c(OC)cc2C1. The Kier molecular flexibility index (Phi) is 6.21. The van der Waals surface area contributed by atoms with E-state index in [1.807, 2.05) is 25.0 Å². The van der Waals surface area contributed by atoms with Crippen LogP contribution in [0.5, 0.6) is 11.5 Å². The minimum atomic E-state index is 0.775. The second-order valence-electron chi connectivity index (χ2n) is 6.75. The molecule has 7 nitrogen and oxygen atoms in total. The van der Waals surface area contributed by atoms with Crippen LogP contribution in [-0.4, -0.2) is 55.0 Å². The number of ether oxygens (including phenoxy) is 2. The van der Waals surface area contributed by atoms with E-state index in [2.05, 4.69) is 38.6 Å². The maximum Gasteiger partial charge on any atom is 0.193 e. The largest absolute Gasteiger partial charge is 0.493 e. The van der Waals surface area contributed by atoms with Gasteiger partial charge >= 0.3 is 0 Å². The quantitative estimate of drug-likeness (QED) is 0.478. The molecule has 0 spiro atoms. The number of guanidine groups is 1. The van der Waals surface area contributed by atoms with E-state index in [4.69, 9.17) is 9.47 Å². The number of nitrogens with zero attached hydrogens (tertiary/aromatic N) is 4. The van der Waals surface area contributed by atoms with Gasteiger partial charge in [-0.25, -0.2) is 0 Å². The van der Waals surface area contributed by atoms with Crippen LogP contribution in [-0.2, 0) is 26.4 Å². The molecule has 0 amide bonds. The van der Waals surface area contributed by atoms with Crippen molar-refractivity contribution in [3.8, 4) is 11.5 Å². The zero-order chi connectivity index (χ0) is 19.2. The molecule has 0 saturated carbocycles. The van der Waals surface area contributed by atoms with Gasteiger partial charge in [-0.1, -0.05) is 0 Å². The van der Waals surface area contributed by atoms with Crippen molar-refractivity contribution in [1.82, 2.24) is 20.0 Å². The van der Waals surface area contributed by atoms with Crippen molar-refractivity contribution in [3.63, 3.8) is 0 Å². The van der Waals surface area contributed by atoms with Crippen molar-refractivity contribution in [2.75, 3.05) is 34.4 Å². The highest BCUT2D eigenvalue weighted by Crippen LogP contribution is 2.33. The van der Waals surface area contributed by atoms with E-state index in [-0.39, 0.29) is 0 Å². The molecule has 0 fully saturated rings. The van der Waals surface area contributed by atoms with Crippen LogP contribution >= 0.6 is 0 Å². The Morgan fingerprint density at radius 3 is 2.59 bits per heavy atom. The van der Waals surface area contributed by atoms with Crippen LogP contribution < -0.4 is 14.8 Å². The fourth-order valence-corrected chi connectivity index (χ4v) is 3.49. The molecule has 7 heteroatoms. The molecule has 0 aliphatic carbocycles. The summed E-state index contributed by atoms with van der Waals surface area (Å²) in [6.45, 7) is 2.64. The van der Waals surface area contributed by atoms with Gasteiger partial charge < -0.3 is 19.7 Å². The summed E-state index contributed by atoms with van der Waals surface area (Å²) in [5.74, 6) is 2.52. The molecule has 1 aliphatic heterocycles. The third-order valence-electron chi connectivity index (χ3n) is 4.91. The number of rotatable bonds is 6. The normalized spacial score (nSPS) is 14.1. The number of aromatic nitrogens is 2. The molecule has 1 N–H and O–H groups in total. The Bertz CT molecular complexity index is 800. The molecule has 0 saturated heterocycles. The van der Waals surface area contributed by atoms with E-state index < -0.39 is 0 Å². The first-order chi connectivity index (χ1) is 13.1. The Morgan fingerprint density at radius 2 is 1.96 bits per heavy atom. The van der Waals surface area contributed by atoms with Gasteiger partial charge in [0.15, 0.2) is 17.5 Å². The minimum Gasteiger partial charge on any atom is -0.493 e. The van der Waals surface area contributed by atoms with E-state index in [9.17, 15) is 0 Å². The predicted octanol–water partition coefficient (Wildman–Crippen LogP) is 2.00. The standard InChI is InChI=1S/C20H29N5O2/c1-21-20(22-8-5-6-15-12-23-24(2)13-15)25-9-7-16-10-18(26-3)19(27-4)11-17(16)14-25/h10-13H,5-9,14H2,1-4H3,(H,21,22). The molecule has 1 aromatic carbocycles. The Labute approximate surface area is 161 Å². The van der Waals surface area contributed by atoms with E-state index in [0.717, 1.165) is 56.4 Å². The maximum absolute atomic E-state index is 5.45. The number of aliphatic imine (C=N–C) groups is 1. The van der Waals surface area contributed by atoms with Crippen LogP contribution in [0, 0.1) is 0 Å². The number of methoxy groups -OCH3 is 2. The molecule has 1 aromatic heterocycles. The number of aryl methyl sites for hydroxylation is 2. The number of hydrogen-bond donors (Lipinski definition) is 1. The number of nitrogens with one attached hydrogen (secondary N) is 1. The molecule has 2 aromatic rings. The molecule has 1 aliphatic rings. The monoisotopic (exact) mass is 371 g/mol. The topological polar surface area (TPSA) is 63.9 Å². The maximum atomic E-state index is 5.45. The fourth-order valence-electron chi connectivity index (χ4n) is 3.49. The van der Waals surface area contributed by atoms with Crippen LogP contribution in [0.4, 0.5) is 0 Å². The van der Waals surface area contributed by atoms with Crippen molar-refractivity contribution in [1.29, 1.82) is 0 Å². The average molecular weight is 371 g/mol. The average Bonchev–Trinajstić information content (AvgIpc) is 3.11. The molecule has 0 radical (unpaired) electrons. The van der Waals surface area contributed by atoms with Gasteiger partial charge in [0.05, 0.1) is 20.4 Å². The second-order valence-corrected chi connectivity index (χ2v) is 6.75. The summed E-state index contributed by atoms with van der Waals surface area (Å²) in [7, 11) is 7.14. The first-order valence-corrected chi connectivity index (χ1v) is 9.31. The summed E-state index contributed by atoms with van der Waals surface area (Å²) >= 11 is 0. The Morgan fingerprint density at radius 1 is 1.22 bits per heavy atom. The molecule has 3 rings (SSSR count). The van der Waals surface area contributed by atoms with Gasteiger partial charge in [-0.15, -0.1) is 0 Å². The van der Waals surface area contributed by atoms with Crippen LogP contribution in [0.15, 0.2) is 29.5 Å². The third kappa shape index (κ3) is 4.53. The van der Waals surface area contributed by atoms with E-state index in [0.29, 0.717) is 0 Å². The van der Waals surface area contributed by atoms with Gasteiger partial charge in [-0.05, 0) is 48.1 Å². The van der Waals surface area contributed by atoms with Crippen molar-refractivity contribution in [3.05, 3.63) is 41.2 Å². The smallest absolute Gasteiger partial charge is 0.193 e. The summed E-state index contributed by atoms with van der Waals surface area (Å²) in [5, 5.41) is 7.70. The minimum absolute atomic E-state index is 0.775. The molecule has 0 unspecified atom stereocenters. The summed E-state index contributed by atoms with van der Waals surface area (Å²) in [6, 6.07) is 4.17. The first-order valence-electron chi connectivity index (χ1n) is 9.31. The number of benzene rings is 1. The highest BCUT2D eigenvalue weighted by Gasteiger charge is 2.21. The number of fused-ring (bicyclic) bond motifs is 1. The van der Waals surface area contributed by atoms with Crippen molar-refractivity contribution < 1.29 is 9.47 Å². The molecule has 0 bridgehead atoms. The lowest BCUT2D eigenvalue weighted by molar-refractivity contribution is 0.346. The second kappa shape index (κ2) is 8.79. The molecule has 0 atom stereocenters. The molecule has 146 valence electrons. The van der Waals surface area contributed by atoms with Crippen molar-refractivity contribution >= 4 is 5.96 Å². The Hall–Kier alpha value is -2.70. The Balaban J connectivity index is 1.57. The van der Waals surface area contributed by atoms with Gasteiger partial charge in [0.1, 0.15) is 0 Å². The zero-order valence-corrected chi connectivity index (χ0v) is 16.7. The highest BCUT2D eigenvalue weighted by molar-refractivity contribution is 5.80. The summed E-state index contributed by atoms with van der Waals surface area (Å²) in [6.07, 6.45) is 7.01. The van der Waals surface area contributed by atoms with E-state index in [1.165, 1.54) is 16.7 Å². The number of hydrogen-bond acceptors (Lipinski definition) is 4. The van der Waals surface area contributed by atoms with Gasteiger partial charge in [-0.2, -0.15) is 5.10 Å². The third-order valence-corrected chi connectivity index (χ3v) is 4.91. The van der Waals surface area contributed by atoms with Crippen LogP contribution in [0.3, 0.4) is 0 Å². The van der Waals surface area contributed by atoms with Crippen LogP contribution in [0.1, 0.15) is 23.1 Å². The van der Waals surface area contributed by atoms with Crippen LogP contribution in [0.2, 0.25) is 0 Å².